The highest BCUT2D eigenvalue weighted by atomic mass is 79.9. The summed E-state index contributed by atoms with van der Waals surface area (Å²) in [6, 6.07) is 12.9. The lowest BCUT2D eigenvalue weighted by molar-refractivity contribution is 0.0993. The van der Waals surface area contributed by atoms with E-state index in [0.717, 1.165) is 14.9 Å². The molecule has 132 valence electrons. The zero-order valence-electron chi connectivity index (χ0n) is 14.1. The number of nitriles is 1. The second-order valence-corrected chi connectivity index (χ2v) is 7.71. The van der Waals surface area contributed by atoms with E-state index >= 15 is 0 Å². The van der Waals surface area contributed by atoms with Crippen LogP contribution in [0.3, 0.4) is 0 Å². The highest BCUT2D eigenvalue weighted by molar-refractivity contribution is 9.10. The van der Waals surface area contributed by atoms with Crippen molar-refractivity contribution in [1.29, 1.82) is 5.26 Å². The number of carbonyl (C=O) groups excluding carboxylic acids is 1. The number of carbonyl (C=O) groups is 1. The number of nitrogens with one attached hydrogen (secondary N) is 1. The molecule has 2 heterocycles. The molecule has 1 aromatic carbocycles. The molecule has 5 nitrogen and oxygen atoms in total. The van der Waals surface area contributed by atoms with Crippen molar-refractivity contribution < 1.29 is 13.9 Å². The van der Waals surface area contributed by atoms with Crippen molar-refractivity contribution in [3.05, 3.63) is 68.4 Å². The van der Waals surface area contributed by atoms with Gasteiger partial charge in [0.05, 0.1) is 5.56 Å². The van der Waals surface area contributed by atoms with Crippen LogP contribution < -0.4 is 10.1 Å². The quantitative estimate of drug-likeness (QED) is 0.585. The second kappa shape index (κ2) is 7.77. The van der Waals surface area contributed by atoms with Gasteiger partial charge in [-0.3, -0.25) is 4.79 Å². The fourth-order valence-electron chi connectivity index (χ4n) is 2.30. The van der Waals surface area contributed by atoms with Crippen LogP contribution in [0.5, 0.6) is 5.75 Å². The standard InChI is InChI=1S/C19H15BrN2O3S/c1-11-12(2)26-19(16(11)9-21)22-18(23)17-7-6-15(25-17)10-24-14-5-3-4-13(20)8-14/h3-8H,10H2,1-2H3,(H,22,23). The summed E-state index contributed by atoms with van der Waals surface area (Å²) in [6.07, 6.45) is 0. The highest BCUT2D eigenvalue weighted by Gasteiger charge is 2.17. The number of furan rings is 1. The van der Waals surface area contributed by atoms with E-state index in [-0.39, 0.29) is 12.4 Å². The number of aryl methyl sites for hydroxylation is 1. The van der Waals surface area contributed by atoms with Crippen LogP contribution in [0.25, 0.3) is 0 Å². The number of anilines is 1. The summed E-state index contributed by atoms with van der Waals surface area (Å²) in [7, 11) is 0. The number of amides is 1. The Kier molecular flexibility index (Phi) is 5.45. The smallest absolute Gasteiger partial charge is 0.292 e. The molecule has 1 N–H and O–H groups in total. The lowest BCUT2D eigenvalue weighted by atomic mass is 10.2. The Balaban J connectivity index is 1.67. The first-order chi connectivity index (χ1) is 12.5. The molecule has 1 amide bonds. The number of hydrogen-bond acceptors (Lipinski definition) is 5. The van der Waals surface area contributed by atoms with Gasteiger partial charge in [0.15, 0.2) is 5.76 Å². The summed E-state index contributed by atoms with van der Waals surface area (Å²) in [4.78, 5) is 13.4. The molecular weight excluding hydrogens is 416 g/mol. The minimum Gasteiger partial charge on any atom is -0.486 e. The topological polar surface area (TPSA) is 75.3 Å². The van der Waals surface area contributed by atoms with Gasteiger partial charge >= 0.3 is 0 Å². The molecule has 0 aliphatic heterocycles. The number of hydrogen-bond donors (Lipinski definition) is 1. The zero-order chi connectivity index (χ0) is 18.7. The fraction of sp³-hybridized carbons (Fsp3) is 0.158. The lowest BCUT2D eigenvalue weighted by Crippen LogP contribution is -2.10. The summed E-state index contributed by atoms with van der Waals surface area (Å²) in [5.41, 5.74) is 1.38. The summed E-state index contributed by atoms with van der Waals surface area (Å²) < 4.78 is 12.1. The minimum atomic E-state index is -0.392. The van der Waals surface area contributed by atoms with Crippen molar-refractivity contribution >= 4 is 38.2 Å². The summed E-state index contributed by atoms with van der Waals surface area (Å²) in [5.74, 6) is 1.01. The summed E-state index contributed by atoms with van der Waals surface area (Å²) in [6.45, 7) is 4.00. The van der Waals surface area contributed by atoms with Crippen molar-refractivity contribution in [2.45, 2.75) is 20.5 Å². The predicted octanol–water partition coefficient (Wildman–Crippen LogP) is 5.42. The molecule has 0 bridgehead atoms. The molecular formula is C19H15BrN2O3S. The van der Waals surface area contributed by atoms with Gasteiger partial charge < -0.3 is 14.5 Å². The van der Waals surface area contributed by atoms with Crippen LogP contribution in [0.1, 0.15) is 32.3 Å². The fourth-order valence-corrected chi connectivity index (χ4v) is 3.69. The van der Waals surface area contributed by atoms with Crippen molar-refractivity contribution in [1.82, 2.24) is 0 Å². The zero-order valence-corrected chi connectivity index (χ0v) is 16.5. The van der Waals surface area contributed by atoms with E-state index in [2.05, 4.69) is 27.3 Å². The van der Waals surface area contributed by atoms with Gasteiger partial charge in [0, 0.05) is 9.35 Å². The summed E-state index contributed by atoms with van der Waals surface area (Å²) in [5, 5.41) is 12.5. The number of nitrogens with zero attached hydrogens (tertiary/aromatic N) is 1. The van der Waals surface area contributed by atoms with E-state index < -0.39 is 5.91 Å². The summed E-state index contributed by atoms with van der Waals surface area (Å²) >= 11 is 4.76. The maximum Gasteiger partial charge on any atom is 0.292 e. The third-order valence-corrected chi connectivity index (χ3v) is 5.40. The van der Waals surface area contributed by atoms with Gasteiger partial charge in [0.2, 0.25) is 0 Å². The monoisotopic (exact) mass is 430 g/mol. The molecule has 0 aliphatic carbocycles. The van der Waals surface area contributed by atoms with Crippen LogP contribution >= 0.6 is 27.3 Å². The van der Waals surface area contributed by atoms with Crippen molar-refractivity contribution in [3.63, 3.8) is 0 Å². The number of halogens is 1. The molecule has 0 saturated carbocycles. The third-order valence-electron chi connectivity index (χ3n) is 3.79. The van der Waals surface area contributed by atoms with Crippen molar-refractivity contribution in [3.8, 4) is 11.8 Å². The minimum absolute atomic E-state index is 0.172. The average Bonchev–Trinajstić information content (AvgIpc) is 3.18. The molecule has 0 radical (unpaired) electrons. The van der Waals surface area contributed by atoms with Crippen LogP contribution in [0.2, 0.25) is 0 Å². The van der Waals surface area contributed by atoms with E-state index in [9.17, 15) is 10.1 Å². The van der Waals surface area contributed by atoms with Crippen molar-refractivity contribution in [2.75, 3.05) is 5.32 Å². The molecule has 0 spiro atoms. The molecule has 26 heavy (non-hydrogen) atoms. The Morgan fingerprint density at radius 2 is 2.15 bits per heavy atom. The van der Waals surface area contributed by atoms with Gasteiger partial charge in [-0.15, -0.1) is 11.3 Å². The van der Waals surface area contributed by atoms with Gasteiger partial charge in [-0.05, 0) is 49.7 Å². The van der Waals surface area contributed by atoms with E-state index in [1.807, 2.05) is 38.1 Å². The Labute approximate surface area is 163 Å². The SMILES string of the molecule is Cc1sc(NC(=O)c2ccc(COc3cccc(Br)c3)o2)c(C#N)c1C. The van der Waals surface area contributed by atoms with Gasteiger partial charge in [0.25, 0.3) is 5.91 Å². The highest BCUT2D eigenvalue weighted by Crippen LogP contribution is 2.32. The van der Waals surface area contributed by atoms with Crippen LogP contribution in [0, 0.1) is 25.2 Å². The van der Waals surface area contributed by atoms with Gasteiger partial charge in [0.1, 0.15) is 29.2 Å². The number of rotatable bonds is 5. The molecule has 0 unspecified atom stereocenters. The molecule has 0 fully saturated rings. The molecule has 3 rings (SSSR count). The van der Waals surface area contributed by atoms with E-state index in [1.165, 1.54) is 11.3 Å². The lowest BCUT2D eigenvalue weighted by Gasteiger charge is -2.04. The molecule has 7 heteroatoms. The number of ether oxygens (including phenoxy) is 1. The molecule has 0 atom stereocenters. The maximum absolute atomic E-state index is 12.4. The second-order valence-electron chi connectivity index (χ2n) is 5.57. The Bertz CT molecular complexity index is 1000. The van der Waals surface area contributed by atoms with Crippen LogP contribution in [0.15, 0.2) is 45.3 Å². The van der Waals surface area contributed by atoms with Crippen molar-refractivity contribution in [2.24, 2.45) is 0 Å². The maximum atomic E-state index is 12.4. The van der Waals surface area contributed by atoms with Gasteiger partial charge in [-0.25, -0.2) is 0 Å². The number of thiophene rings is 1. The normalized spacial score (nSPS) is 10.4. The van der Waals surface area contributed by atoms with E-state index in [0.29, 0.717) is 22.1 Å². The average molecular weight is 431 g/mol. The first kappa shape index (κ1) is 18.2. The Morgan fingerprint density at radius 1 is 1.35 bits per heavy atom. The number of benzene rings is 1. The Hall–Kier alpha value is -2.56. The van der Waals surface area contributed by atoms with Gasteiger partial charge in [-0.2, -0.15) is 5.26 Å². The first-order valence-corrected chi connectivity index (χ1v) is 9.37. The first-order valence-electron chi connectivity index (χ1n) is 7.76. The predicted molar refractivity (Wildman–Crippen MR) is 104 cm³/mol. The van der Waals surface area contributed by atoms with E-state index in [1.54, 1.807) is 12.1 Å². The third kappa shape index (κ3) is 3.98. The van der Waals surface area contributed by atoms with E-state index in [4.69, 9.17) is 9.15 Å². The largest absolute Gasteiger partial charge is 0.486 e. The molecule has 2 aromatic heterocycles. The van der Waals surface area contributed by atoms with Crippen LogP contribution in [-0.2, 0) is 6.61 Å². The molecule has 3 aromatic rings. The van der Waals surface area contributed by atoms with Crippen LogP contribution in [-0.4, -0.2) is 5.91 Å². The molecule has 0 aliphatic rings. The van der Waals surface area contributed by atoms with Gasteiger partial charge in [-0.1, -0.05) is 22.0 Å². The van der Waals surface area contributed by atoms with Crippen LogP contribution in [0.4, 0.5) is 5.00 Å². The Morgan fingerprint density at radius 3 is 2.88 bits per heavy atom. The molecule has 0 saturated heterocycles.